The molecule has 1 aliphatic heterocycles. The maximum absolute atomic E-state index is 6.13. The molecule has 2 aliphatic rings. The molecule has 0 bridgehead atoms. The first-order chi connectivity index (χ1) is 10.2. The zero-order valence-corrected chi connectivity index (χ0v) is 13.4. The summed E-state index contributed by atoms with van der Waals surface area (Å²) in [7, 11) is 0. The lowest BCUT2D eigenvalue weighted by Crippen LogP contribution is -2.47. The summed E-state index contributed by atoms with van der Waals surface area (Å²) >= 11 is 0. The molecule has 2 N–H and O–H groups in total. The molecule has 3 rings (SSSR count). The molecule has 116 valence electrons. The van der Waals surface area contributed by atoms with Crippen LogP contribution in [-0.2, 0) is 0 Å². The SMILES string of the molecule is CC(N)C1CCCN(C2CCC(c3ccccc3)CC2)C1. The Morgan fingerprint density at radius 3 is 2.43 bits per heavy atom. The van der Waals surface area contributed by atoms with Crippen LogP contribution in [0.2, 0.25) is 0 Å². The fourth-order valence-corrected chi connectivity index (χ4v) is 4.30. The zero-order chi connectivity index (χ0) is 14.7. The molecule has 0 radical (unpaired) electrons. The Hall–Kier alpha value is -0.860. The Kier molecular flexibility index (Phi) is 4.97. The number of nitrogens with two attached hydrogens (primary N) is 1. The van der Waals surface area contributed by atoms with Crippen molar-refractivity contribution in [1.82, 2.24) is 4.90 Å². The fourth-order valence-electron chi connectivity index (χ4n) is 4.30. The summed E-state index contributed by atoms with van der Waals surface area (Å²) in [5.41, 5.74) is 7.67. The average Bonchev–Trinajstić information content (AvgIpc) is 2.56. The molecule has 0 aromatic heterocycles. The highest BCUT2D eigenvalue weighted by Crippen LogP contribution is 2.36. The second-order valence-electron chi connectivity index (χ2n) is 7.17. The van der Waals surface area contributed by atoms with Gasteiger partial charge in [0.15, 0.2) is 0 Å². The predicted octanol–water partition coefficient (Wildman–Crippen LogP) is 3.77. The molecule has 1 aromatic carbocycles. The van der Waals surface area contributed by atoms with Gasteiger partial charge in [0.1, 0.15) is 0 Å². The van der Waals surface area contributed by atoms with E-state index in [1.165, 1.54) is 51.6 Å². The Morgan fingerprint density at radius 2 is 1.76 bits per heavy atom. The number of benzene rings is 1. The molecule has 1 aromatic rings. The number of nitrogens with zero attached hydrogens (tertiary/aromatic N) is 1. The van der Waals surface area contributed by atoms with E-state index in [2.05, 4.69) is 42.2 Å². The highest BCUT2D eigenvalue weighted by atomic mass is 15.2. The van der Waals surface area contributed by atoms with Gasteiger partial charge in [-0.1, -0.05) is 30.3 Å². The maximum Gasteiger partial charge on any atom is 0.00958 e. The summed E-state index contributed by atoms with van der Waals surface area (Å²) in [5, 5.41) is 0. The van der Waals surface area contributed by atoms with Crippen molar-refractivity contribution in [3.8, 4) is 0 Å². The van der Waals surface area contributed by atoms with Crippen LogP contribution in [0.25, 0.3) is 0 Å². The van der Waals surface area contributed by atoms with Crippen molar-refractivity contribution >= 4 is 0 Å². The van der Waals surface area contributed by atoms with Crippen molar-refractivity contribution in [2.24, 2.45) is 11.7 Å². The van der Waals surface area contributed by atoms with E-state index in [-0.39, 0.29) is 0 Å². The van der Waals surface area contributed by atoms with E-state index >= 15 is 0 Å². The first-order valence-corrected chi connectivity index (χ1v) is 8.78. The van der Waals surface area contributed by atoms with Crippen LogP contribution in [0.5, 0.6) is 0 Å². The van der Waals surface area contributed by atoms with Gasteiger partial charge in [-0.25, -0.2) is 0 Å². The molecule has 2 atom stereocenters. The molecule has 1 heterocycles. The van der Waals surface area contributed by atoms with Crippen LogP contribution in [-0.4, -0.2) is 30.1 Å². The molecule has 0 amide bonds. The molecule has 2 heteroatoms. The third-order valence-corrected chi connectivity index (χ3v) is 5.72. The van der Waals surface area contributed by atoms with Crippen molar-refractivity contribution in [1.29, 1.82) is 0 Å². The number of hydrogen-bond acceptors (Lipinski definition) is 2. The van der Waals surface area contributed by atoms with Gasteiger partial charge in [0, 0.05) is 18.6 Å². The van der Waals surface area contributed by atoms with E-state index in [4.69, 9.17) is 5.73 Å². The molecule has 1 aliphatic carbocycles. The van der Waals surface area contributed by atoms with E-state index in [0.29, 0.717) is 12.0 Å². The van der Waals surface area contributed by atoms with Gasteiger partial charge in [0.05, 0.1) is 0 Å². The van der Waals surface area contributed by atoms with E-state index < -0.39 is 0 Å². The van der Waals surface area contributed by atoms with E-state index in [1.807, 2.05) is 0 Å². The Morgan fingerprint density at radius 1 is 1.05 bits per heavy atom. The van der Waals surface area contributed by atoms with E-state index in [9.17, 15) is 0 Å². The van der Waals surface area contributed by atoms with E-state index in [1.54, 1.807) is 5.56 Å². The minimum absolute atomic E-state index is 0.355. The van der Waals surface area contributed by atoms with Crippen molar-refractivity contribution in [3.63, 3.8) is 0 Å². The van der Waals surface area contributed by atoms with Crippen molar-refractivity contribution in [3.05, 3.63) is 35.9 Å². The largest absolute Gasteiger partial charge is 0.328 e. The summed E-state index contributed by atoms with van der Waals surface area (Å²) < 4.78 is 0. The van der Waals surface area contributed by atoms with Crippen molar-refractivity contribution in [2.45, 2.75) is 63.5 Å². The molecule has 1 saturated carbocycles. The third-order valence-electron chi connectivity index (χ3n) is 5.72. The molecule has 2 nitrogen and oxygen atoms in total. The quantitative estimate of drug-likeness (QED) is 0.916. The van der Waals surface area contributed by atoms with Crippen LogP contribution < -0.4 is 5.73 Å². The van der Waals surface area contributed by atoms with Crippen molar-refractivity contribution in [2.75, 3.05) is 13.1 Å². The van der Waals surface area contributed by atoms with Crippen LogP contribution >= 0.6 is 0 Å². The second-order valence-corrected chi connectivity index (χ2v) is 7.17. The average molecular weight is 286 g/mol. The van der Waals surface area contributed by atoms with E-state index in [0.717, 1.165) is 12.0 Å². The number of likely N-dealkylation sites (tertiary alicyclic amines) is 1. The third kappa shape index (κ3) is 3.67. The molecule has 2 fully saturated rings. The highest BCUT2D eigenvalue weighted by molar-refractivity contribution is 5.20. The van der Waals surface area contributed by atoms with Crippen LogP contribution in [0, 0.1) is 5.92 Å². The van der Waals surface area contributed by atoms with Crippen LogP contribution in [0.1, 0.15) is 56.9 Å². The van der Waals surface area contributed by atoms with Gasteiger partial charge in [-0.15, -0.1) is 0 Å². The maximum atomic E-state index is 6.13. The topological polar surface area (TPSA) is 29.3 Å². The van der Waals surface area contributed by atoms with Gasteiger partial charge in [-0.2, -0.15) is 0 Å². The Bertz CT molecular complexity index is 420. The molecule has 2 unspecified atom stereocenters. The number of rotatable bonds is 3. The molecule has 21 heavy (non-hydrogen) atoms. The second kappa shape index (κ2) is 6.93. The summed E-state index contributed by atoms with van der Waals surface area (Å²) in [6.45, 7) is 4.71. The molecule has 1 saturated heterocycles. The smallest absolute Gasteiger partial charge is 0.00958 e. The lowest BCUT2D eigenvalue weighted by Gasteiger charge is -2.42. The predicted molar refractivity (Wildman–Crippen MR) is 89.4 cm³/mol. The Labute approximate surface area is 129 Å². The lowest BCUT2D eigenvalue weighted by molar-refractivity contribution is 0.0877. The summed E-state index contributed by atoms with van der Waals surface area (Å²) in [6.07, 6.45) is 8.11. The van der Waals surface area contributed by atoms with Crippen LogP contribution in [0.3, 0.4) is 0 Å². The van der Waals surface area contributed by atoms with Gasteiger partial charge >= 0.3 is 0 Å². The van der Waals surface area contributed by atoms with Gasteiger partial charge in [0.2, 0.25) is 0 Å². The lowest BCUT2D eigenvalue weighted by atomic mass is 9.80. The molecular weight excluding hydrogens is 256 g/mol. The number of hydrogen-bond donors (Lipinski definition) is 1. The van der Waals surface area contributed by atoms with Gasteiger partial charge in [-0.3, -0.25) is 0 Å². The fraction of sp³-hybridized carbons (Fsp3) is 0.684. The van der Waals surface area contributed by atoms with Gasteiger partial charge < -0.3 is 10.6 Å². The molecule has 0 spiro atoms. The minimum Gasteiger partial charge on any atom is -0.328 e. The number of piperidine rings is 1. The first kappa shape index (κ1) is 15.1. The van der Waals surface area contributed by atoms with Gasteiger partial charge in [0.25, 0.3) is 0 Å². The Balaban J connectivity index is 1.53. The van der Waals surface area contributed by atoms with Crippen molar-refractivity contribution < 1.29 is 0 Å². The first-order valence-electron chi connectivity index (χ1n) is 8.78. The minimum atomic E-state index is 0.355. The summed E-state index contributed by atoms with van der Waals surface area (Å²) in [6, 6.07) is 12.3. The van der Waals surface area contributed by atoms with Crippen LogP contribution in [0.4, 0.5) is 0 Å². The highest BCUT2D eigenvalue weighted by Gasteiger charge is 2.30. The zero-order valence-electron chi connectivity index (χ0n) is 13.4. The standard InChI is InChI=1S/C19H30N2/c1-15(20)18-8-5-13-21(14-18)19-11-9-17(10-12-19)16-6-3-2-4-7-16/h2-4,6-7,15,17-19H,5,8-14,20H2,1H3. The monoisotopic (exact) mass is 286 g/mol. The van der Waals surface area contributed by atoms with Crippen LogP contribution in [0.15, 0.2) is 30.3 Å². The van der Waals surface area contributed by atoms with Gasteiger partial charge in [-0.05, 0) is 69.4 Å². The summed E-state index contributed by atoms with van der Waals surface area (Å²) in [5.74, 6) is 1.50. The molecular formula is C19H30N2. The normalized spacial score (nSPS) is 32.8. The summed E-state index contributed by atoms with van der Waals surface area (Å²) in [4.78, 5) is 2.75.